The molecule has 2 aromatic heterocycles. The number of nitrogens with zero attached hydrogens (tertiary/aromatic N) is 3. The van der Waals surface area contributed by atoms with Gasteiger partial charge < -0.3 is 10.6 Å². The minimum absolute atomic E-state index is 0.140. The van der Waals surface area contributed by atoms with Crippen LogP contribution in [0, 0.1) is 6.92 Å². The topological polar surface area (TPSA) is 95.6 Å². The summed E-state index contributed by atoms with van der Waals surface area (Å²) in [5.74, 6) is 1.92. The molecule has 1 amide bonds. The van der Waals surface area contributed by atoms with Crippen LogP contribution in [0.2, 0.25) is 0 Å². The van der Waals surface area contributed by atoms with Gasteiger partial charge in [-0.05, 0) is 32.0 Å². The van der Waals surface area contributed by atoms with E-state index in [1.807, 2.05) is 31.2 Å². The summed E-state index contributed by atoms with van der Waals surface area (Å²) in [4.78, 5) is 22.8. The SMILES string of the molecule is Cc1nc(C2CCNC2)sc1C(=O)Nc1ccccc1-c1n[nH]c(C(C)C)n1. The second-order valence-electron chi connectivity index (χ2n) is 7.36. The number of amides is 1. The Kier molecular flexibility index (Phi) is 5.23. The molecule has 4 rings (SSSR count). The van der Waals surface area contributed by atoms with Crippen LogP contribution < -0.4 is 10.6 Å². The van der Waals surface area contributed by atoms with Crippen molar-refractivity contribution in [3.63, 3.8) is 0 Å². The molecule has 1 fully saturated rings. The maximum Gasteiger partial charge on any atom is 0.267 e. The van der Waals surface area contributed by atoms with Gasteiger partial charge in [0.1, 0.15) is 10.7 Å². The van der Waals surface area contributed by atoms with Crippen molar-refractivity contribution in [2.75, 3.05) is 18.4 Å². The summed E-state index contributed by atoms with van der Waals surface area (Å²) in [6.07, 6.45) is 1.07. The summed E-state index contributed by atoms with van der Waals surface area (Å²) in [6.45, 7) is 7.95. The molecule has 28 heavy (non-hydrogen) atoms. The van der Waals surface area contributed by atoms with Crippen LogP contribution >= 0.6 is 11.3 Å². The van der Waals surface area contributed by atoms with E-state index in [2.05, 4.69) is 44.6 Å². The van der Waals surface area contributed by atoms with Crippen molar-refractivity contribution in [2.24, 2.45) is 0 Å². The number of hydrogen-bond donors (Lipinski definition) is 3. The Morgan fingerprint density at radius 2 is 2.11 bits per heavy atom. The Bertz CT molecular complexity index is 986. The lowest BCUT2D eigenvalue weighted by Crippen LogP contribution is -2.12. The van der Waals surface area contributed by atoms with Gasteiger partial charge in [0.2, 0.25) is 0 Å². The Balaban J connectivity index is 1.58. The van der Waals surface area contributed by atoms with E-state index < -0.39 is 0 Å². The predicted molar refractivity (Wildman–Crippen MR) is 111 cm³/mol. The summed E-state index contributed by atoms with van der Waals surface area (Å²) in [6, 6.07) is 7.60. The smallest absolute Gasteiger partial charge is 0.267 e. The van der Waals surface area contributed by atoms with Gasteiger partial charge in [0.15, 0.2) is 5.82 Å². The highest BCUT2D eigenvalue weighted by atomic mass is 32.1. The van der Waals surface area contributed by atoms with Crippen LogP contribution in [0.1, 0.15) is 58.3 Å². The monoisotopic (exact) mass is 396 g/mol. The largest absolute Gasteiger partial charge is 0.321 e. The molecule has 146 valence electrons. The molecule has 3 N–H and O–H groups in total. The number of H-pyrrole nitrogens is 1. The van der Waals surface area contributed by atoms with Crippen LogP contribution in [0.3, 0.4) is 0 Å². The second-order valence-corrected chi connectivity index (χ2v) is 8.39. The molecule has 3 aromatic rings. The maximum atomic E-state index is 13.0. The van der Waals surface area contributed by atoms with Gasteiger partial charge in [0.05, 0.1) is 16.4 Å². The Labute approximate surface area is 168 Å². The number of rotatable bonds is 5. The van der Waals surface area contributed by atoms with Gasteiger partial charge in [-0.1, -0.05) is 26.0 Å². The fraction of sp³-hybridized carbons (Fsp3) is 0.400. The number of nitrogens with one attached hydrogen (secondary N) is 3. The number of carbonyl (C=O) groups is 1. The number of para-hydroxylation sites is 1. The zero-order valence-corrected chi connectivity index (χ0v) is 17.1. The summed E-state index contributed by atoms with van der Waals surface area (Å²) in [7, 11) is 0. The van der Waals surface area contributed by atoms with Gasteiger partial charge in [-0.15, -0.1) is 11.3 Å². The highest BCUT2D eigenvalue weighted by molar-refractivity contribution is 7.14. The van der Waals surface area contributed by atoms with Gasteiger partial charge in [-0.25, -0.2) is 9.97 Å². The summed E-state index contributed by atoms with van der Waals surface area (Å²) in [5, 5.41) is 14.7. The van der Waals surface area contributed by atoms with Crippen molar-refractivity contribution in [3.8, 4) is 11.4 Å². The Hall–Kier alpha value is -2.58. The standard InChI is InChI=1S/C20H24N6OS/c1-11(2)17-24-18(26-25-17)14-6-4-5-7-15(14)23-19(27)16-12(3)22-20(28-16)13-8-9-21-10-13/h4-7,11,13,21H,8-10H2,1-3H3,(H,23,27)(H,24,25,26). The third-order valence-corrected chi connectivity index (χ3v) is 6.21. The van der Waals surface area contributed by atoms with E-state index >= 15 is 0 Å². The average molecular weight is 397 g/mol. The Morgan fingerprint density at radius 1 is 1.29 bits per heavy atom. The zero-order chi connectivity index (χ0) is 19.7. The van der Waals surface area contributed by atoms with Crippen LogP contribution in [-0.4, -0.2) is 39.2 Å². The average Bonchev–Trinajstić information content (AvgIpc) is 3.42. The molecule has 3 heterocycles. The highest BCUT2D eigenvalue weighted by Gasteiger charge is 2.24. The lowest BCUT2D eigenvalue weighted by atomic mass is 10.1. The molecule has 1 aliphatic rings. The maximum absolute atomic E-state index is 13.0. The van der Waals surface area contributed by atoms with Crippen LogP contribution in [0.5, 0.6) is 0 Å². The van der Waals surface area contributed by atoms with Crippen LogP contribution in [0.25, 0.3) is 11.4 Å². The highest BCUT2D eigenvalue weighted by Crippen LogP contribution is 2.31. The van der Waals surface area contributed by atoms with Crippen LogP contribution in [0.4, 0.5) is 5.69 Å². The number of hydrogen-bond acceptors (Lipinski definition) is 6. The van der Waals surface area contributed by atoms with Crippen molar-refractivity contribution < 1.29 is 4.79 Å². The first-order valence-corrected chi connectivity index (χ1v) is 10.4. The van der Waals surface area contributed by atoms with Gasteiger partial charge in [0, 0.05) is 23.9 Å². The molecule has 0 bridgehead atoms. The van der Waals surface area contributed by atoms with E-state index in [1.165, 1.54) is 11.3 Å². The second kappa shape index (κ2) is 7.81. The lowest BCUT2D eigenvalue weighted by Gasteiger charge is -2.08. The molecular formula is C20H24N6OS. The van der Waals surface area contributed by atoms with Gasteiger partial charge >= 0.3 is 0 Å². The van der Waals surface area contributed by atoms with Crippen molar-refractivity contribution in [1.82, 2.24) is 25.5 Å². The molecule has 7 nitrogen and oxygen atoms in total. The number of aromatic nitrogens is 4. The first kappa shape index (κ1) is 18.8. The molecule has 0 radical (unpaired) electrons. The van der Waals surface area contributed by atoms with Crippen molar-refractivity contribution in [2.45, 2.75) is 39.0 Å². The zero-order valence-electron chi connectivity index (χ0n) is 16.2. The third-order valence-electron chi connectivity index (χ3n) is 4.89. The number of carbonyl (C=O) groups excluding carboxylic acids is 1. The van der Waals surface area contributed by atoms with Crippen molar-refractivity contribution in [3.05, 3.63) is 45.7 Å². The third kappa shape index (κ3) is 3.70. The van der Waals surface area contributed by atoms with E-state index in [-0.39, 0.29) is 11.8 Å². The van der Waals surface area contributed by atoms with Gasteiger partial charge in [0.25, 0.3) is 5.91 Å². The first-order valence-electron chi connectivity index (χ1n) is 9.54. The number of aromatic amines is 1. The molecule has 8 heteroatoms. The molecule has 1 saturated heterocycles. The van der Waals surface area contributed by atoms with E-state index in [0.717, 1.165) is 41.6 Å². The minimum Gasteiger partial charge on any atom is -0.321 e. The van der Waals surface area contributed by atoms with Crippen molar-refractivity contribution >= 4 is 22.9 Å². The fourth-order valence-electron chi connectivity index (χ4n) is 3.29. The Morgan fingerprint density at radius 3 is 2.82 bits per heavy atom. The molecule has 0 spiro atoms. The minimum atomic E-state index is -0.140. The van der Waals surface area contributed by atoms with E-state index in [4.69, 9.17) is 0 Å². The number of thiazole rings is 1. The summed E-state index contributed by atoms with van der Waals surface area (Å²) >= 11 is 1.49. The fourth-order valence-corrected chi connectivity index (χ4v) is 4.38. The van der Waals surface area contributed by atoms with Crippen LogP contribution in [0.15, 0.2) is 24.3 Å². The molecule has 1 atom stereocenters. The molecule has 1 unspecified atom stereocenters. The summed E-state index contributed by atoms with van der Waals surface area (Å²) in [5.41, 5.74) is 2.27. The van der Waals surface area contributed by atoms with Gasteiger partial charge in [-0.2, -0.15) is 5.10 Å². The number of aryl methyl sites for hydroxylation is 1. The van der Waals surface area contributed by atoms with Crippen LogP contribution in [-0.2, 0) is 0 Å². The van der Waals surface area contributed by atoms with E-state index in [1.54, 1.807) is 0 Å². The normalized spacial score (nSPS) is 16.6. The van der Waals surface area contributed by atoms with Crippen molar-refractivity contribution in [1.29, 1.82) is 0 Å². The van der Waals surface area contributed by atoms with Gasteiger partial charge in [-0.3, -0.25) is 9.89 Å². The molecule has 1 aliphatic heterocycles. The first-order chi connectivity index (χ1) is 13.5. The molecule has 0 aliphatic carbocycles. The molecule has 0 saturated carbocycles. The molecule has 1 aromatic carbocycles. The number of anilines is 1. The van der Waals surface area contributed by atoms with E-state index in [9.17, 15) is 4.79 Å². The predicted octanol–water partition coefficient (Wildman–Crippen LogP) is 3.69. The lowest BCUT2D eigenvalue weighted by molar-refractivity contribution is 0.103. The molecular weight excluding hydrogens is 372 g/mol. The number of benzene rings is 1. The quantitative estimate of drug-likeness (QED) is 0.611. The summed E-state index contributed by atoms with van der Waals surface area (Å²) < 4.78 is 0. The van der Waals surface area contributed by atoms with E-state index in [0.29, 0.717) is 22.3 Å².